The van der Waals surface area contributed by atoms with Crippen molar-refractivity contribution in [3.8, 4) is 6.07 Å². The second kappa shape index (κ2) is 5.34. The van der Waals surface area contributed by atoms with Crippen LogP contribution < -0.4 is 0 Å². The Kier molecular flexibility index (Phi) is 3.39. The Hall–Kier alpha value is -2.34. The summed E-state index contributed by atoms with van der Waals surface area (Å²) >= 11 is 0. The maximum Gasteiger partial charge on any atom is 0.165 e. The van der Waals surface area contributed by atoms with Crippen molar-refractivity contribution in [2.45, 2.75) is 25.8 Å². The first-order valence-corrected chi connectivity index (χ1v) is 6.95. The Morgan fingerprint density at radius 1 is 1.35 bits per heavy atom. The summed E-state index contributed by atoms with van der Waals surface area (Å²) in [5.74, 6) is 0.578. The summed E-state index contributed by atoms with van der Waals surface area (Å²) in [7, 11) is 0. The molecule has 0 fully saturated rings. The van der Waals surface area contributed by atoms with Gasteiger partial charge in [0.1, 0.15) is 6.07 Å². The molecule has 1 aliphatic carbocycles. The lowest BCUT2D eigenvalue weighted by Crippen LogP contribution is -2.08. The fraction of sp³-hybridized carbons (Fsp3) is 0.294. The highest BCUT2D eigenvalue weighted by molar-refractivity contribution is 5.39. The van der Waals surface area contributed by atoms with Crippen molar-refractivity contribution in [2.75, 3.05) is 0 Å². The van der Waals surface area contributed by atoms with Crippen LogP contribution in [-0.4, -0.2) is 9.78 Å². The van der Waals surface area contributed by atoms with Crippen LogP contribution >= 0.6 is 0 Å². The number of nitrogens with zero attached hydrogens (tertiary/aromatic N) is 3. The topological polar surface area (TPSA) is 41.6 Å². The van der Waals surface area contributed by atoms with Gasteiger partial charge in [-0.2, -0.15) is 10.4 Å². The number of benzene rings is 1. The third-order valence-corrected chi connectivity index (χ3v) is 3.92. The normalized spacial score (nSPS) is 16.6. The largest absolute Gasteiger partial charge is 0.264 e. The van der Waals surface area contributed by atoms with Gasteiger partial charge >= 0.3 is 0 Å². The summed E-state index contributed by atoms with van der Waals surface area (Å²) < 4.78 is 2.01. The molecule has 1 heterocycles. The lowest BCUT2D eigenvalue weighted by atomic mass is 10.0. The Balaban J connectivity index is 1.91. The quantitative estimate of drug-likeness (QED) is 0.795. The fourth-order valence-corrected chi connectivity index (χ4v) is 2.99. The molecule has 3 heteroatoms. The molecule has 3 nitrogen and oxygen atoms in total. The molecule has 1 atom stereocenters. The maximum absolute atomic E-state index is 9.25. The first-order valence-electron chi connectivity index (χ1n) is 6.95. The van der Waals surface area contributed by atoms with E-state index in [4.69, 9.17) is 0 Å². The molecule has 2 aromatic rings. The van der Waals surface area contributed by atoms with Gasteiger partial charge in [-0.25, -0.2) is 0 Å². The zero-order chi connectivity index (χ0) is 13.9. The average Bonchev–Trinajstić information content (AvgIpc) is 3.00. The number of nitriles is 1. The second-order valence-electron chi connectivity index (χ2n) is 5.33. The van der Waals surface area contributed by atoms with E-state index in [2.05, 4.69) is 29.9 Å². The minimum Gasteiger partial charge on any atom is -0.264 e. The second-order valence-corrected chi connectivity index (χ2v) is 5.33. The number of fused-ring (bicyclic) bond motifs is 1. The van der Waals surface area contributed by atoms with E-state index in [0.29, 0.717) is 11.6 Å². The van der Waals surface area contributed by atoms with Crippen LogP contribution in [0.3, 0.4) is 0 Å². The van der Waals surface area contributed by atoms with Crippen LogP contribution in [0, 0.1) is 17.2 Å². The van der Waals surface area contributed by atoms with Gasteiger partial charge in [0.2, 0.25) is 0 Å². The van der Waals surface area contributed by atoms with Crippen molar-refractivity contribution >= 4 is 0 Å². The van der Waals surface area contributed by atoms with Crippen LogP contribution in [-0.2, 0) is 19.4 Å². The summed E-state index contributed by atoms with van der Waals surface area (Å²) in [6.45, 7) is 4.56. The molecule has 3 rings (SSSR count). The minimum absolute atomic E-state index is 0.578. The number of rotatable bonds is 4. The summed E-state index contributed by atoms with van der Waals surface area (Å²) in [5, 5.41) is 13.7. The van der Waals surface area contributed by atoms with Crippen LogP contribution in [0.2, 0.25) is 0 Å². The molecule has 0 amide bonds. The van der Waals surface area contributed by atoms with Crippen molar-refractivity contribution in [1.82, 2.24) is 9.78 Å². The van der Waals surface area contributed by atoms with E-state index < -0.39 is 0 Å². The Bertz CT molecular complexity index is 662. The van der Waals surface area contributed by atoms with Gasteiger partial charge in [0.25, 0.3) is 0 Å². The molecule has 0 radical (unpaired) electrons. The molecule has 0 N–H and O–H groups in total. The summed E-state index contributed by atoms with van der Waals surface area (Å²) in [6, 6.07) is 12.5. The van der Waals surface area contributed by atoms with E-state index in [1.54, 1.807) is 0 Å². The number of allylic oxidation sites excluding steroid dienone is 1. The molecular formula is C17H17N3. The van der Waals surface area contributed by atoms with Crippen LogP contribution in [0.25, 0.3) is 0 Å². The smallest absolute Gasteiger partial charge is 0.165 e. The van der Waals surface area contributed by atoms with Gasteiger partial charge in [-0.3, -0.25) is 4.68 Å². The highest BCUT2D eigenvalue weighted by Crippen LogP contribution is 2.31. The molecule has 1 aliphatic rings. The standard InChI is InChI=1S/C17H17N3/c1-2-6-14-9-15-16(11-18)19-20(17(15)10-14)12-13-7-4-3-5-8-13/h2-5,7-8,14H,1,6,9-10,12H2. The molecular weight excluding hydrogens is 246 g/mol. The van der Waals surface area contributed by atoms with Gasteiger partial charge < -0.3 is 0 Å². The number of aromatic nitrogens is 2. The third kappa shape index (κ3) is 2.25. The Morgan fingerprint density at radius 2 is 2.15 bits per heavy atom. The number of hydrogen-bond donors (Lipinski definition) is 0. The molecule has 0 spiro atoms. The van der Waals surface area contributed by atoms with Crippen LogP contribution in [0.5, 0.6) is 0 Å². The van der Waals surface area contributed by atoms with E-state index in [-0.39, 0.29) is 0 Å². The van der Waals surface area contributed by atoms with Gasteiger partial charge in [0.05, 0.1) is 6.54 Å². The highest BCUT2D eigenvalue weighted by Gasteiger charge is 2.28. The van der Waals surface area contributed by atoms with Crippen LogP contribution in [0.15, 0.2) is 43.0 Å². The molecule has 0 bridgehead atoms. The van der Waals surface area contributed by atoms with E-state index in [1.165, 1.54) is 11.3 Å². The molecule has 20 heavy (non-hydrogen) atoms. The molecule has 1 aromatic carbocycles. The van der Waals surface area contributed by atoms with Crippen molar-refractivity contribution in [2.24, 2.45) is 5.92 Å². The Labute approximate surface area is 119 Å². The molecule has 1 aromatic heterocycles. The van der Waals surface area contributed by atoms with Gasteiger partial charge in [-0.1, -0.05) is 36.4 Å². The van der Waals surface area contributed by atoms with Gasteiger partial charge in [-0.05, 0) is 30.7 Å². The lowest BCUT2D eigenvalue weighted by Gasteiger charge is -2.08. The molecule has 1 unspecified atom stereocenters. The SMILES string of the molecule is C=CCC1Cc2c(C#N)nn(Cc3ccccc3)c2C1. The van der Waals surface area contributed by atoms with Crippen molar-refractivity contribution in [3.63, 3.8) is 0 Å². The summed E-state index contributed by atoms with van der Waals surface area (Å²) in [4.78, 5) is 0. The summed E-state index contributed by atoms with van der Waals surface area (Å²) in [5.41, 5.74) is 4.20. The van der Waals surface area contributed by atoms with Crippen molar-refractivity contribution in [3.05, 3.63) is 65.5 Å². The monoisotopic (exact) mass is 263 g/mol. The molecule has 0 aliphatic heterocycles. The minimum atomic E-state index is 0.578. The number of hydrogen-bond acceptors (Lipinski definition) is 2. The van der Waals surface area contributed by atoms with Crippen molar-refractivity contribution < 1.29 is 0 Å². The average molecular weight is 263 g/mol. The van der Waals surface area contributed by atoms with Gasteiger partial charge in [0.15, 0.2) is 5.69 Å². The first-order chi connectivity index (χ1) is 9.81. The van der Waals surface area contributed by atoms with Crippen LogP contribution in [0.4, 0.5) is 0 Å². The fourth-order valence-electron chi connectivity index (χ4n) is 2.99. The zero-order valence-electron chi connectivity index (χ0n) is 11.4. The molecule has 0 saturated heterocycles. The molecule has 100 valence electrons. The van der Waals surface area contributed by atoms with Gasteiger partial charge in [-0.15, -0.1) is 6.58 Å². The Morgan fingerprint density at radius 3 is 2.85 bits per heavy atom. The lowest BCUT2D eigenvalue weighted by molar-refractivity contribution is 0.538. The van der Waals surface area contributed by atoms with E-state index in [0.717, 1.165) is 31.4 Å². The van der Waals surface area contributed by atoms with Crippen molar-refractivity contribution in [1.29, 1.82) is 5.26 Å². The van der Waals surface area contributed by atoms with E-state index in [9.17, 15) is 5.26 Å². The zero-order valence-corrected chi connectivity index (χ0v) is 11.4. The van der Waals surface area contributed by atoms with E-state index in [1.807, 2.05) is 29.0 Å². The van der Waals surface area contributed by atoms with E-state index >= 15 is 0 Å². The maximum atomic E-state index is 9.25. The first kappa shape index (κ1) is 12.7. The predicted octanol–water partition coefficient (Wildman–Crippen LogP) is 3.09. The molecule has 0 saturated carbocycles. The predicted molar refractivity (Wildman–Crippen MR) is 78.2 cm³/mol. The van der Waals surface area contributed by atoms with Crippen LogP contribution in [0.1, 0.15) is 28.9 Å². The highest BCUT2D eigenvalue weighted by atomic mass is 15.3. The van der Waals surface area contributed by atoms with Gasteiger partial charge in [0, 0.05) is 11.3 Å². The third-order valence-electron chi connectivity index (χ3n) is 3.92. The summed E-state index contributed by atoms with van der Waals surface area (Å²) in [6.07, 6.45) is 4.93.